The molecule has 0 spiro atoms. The topological polar surface area (TPSA) is 95.9 Å². The van der Waals surface area contributed by atoms with E-state index in [1.165, 1.54) is 0 Å². The van der Waals surface area contributed by atoms with Gasteiger partial charge in [-0.2, -0.15) is 0 Å². The van der Waals surface area contributed by atoms with Gasteiger partial charge in [0.25, 0.3) is 0 Å². The first kappa shape index (κ1) is 14.7. The highest BCUT2D eigenvalue weighted by Gasteiger charge is 2.23. The molecule has 0 unspecified atom stereocenters. The molecule has 1 amide bonds. The lowest BCUT2D eigenvalue weighted by Crippen LogP contribution is -2.43. The van der Waals surface area contributed by atoms with Gasteiger partial charge in [0.2, 0.25) is 0 Å². The molecule has 1 atom stereocenters. The summed E-state index contributed by atoms with van der Waals surface area (Å²) in [6.07, 6.45) is -0.282. The molecule has 0 aliphatic heterocycles. The average molecular weight is 233 g/mol. The number of nitrogens with one attached hydrogen (secondary N) is 1. The van der Waals surface area contributed by atoms with E-state index in [0.29, 0.717) is 6.42 Å². The van der Waals surface area contributed by atoms with Crippen LogP contribution in [0.4, 0.5) is 4.79 Å². The number of carbonyl (C=O) groups excluding carboxylic acids is 1. The van der Waals surface area contributed by atoms with Crippen molar-refractivity contribution >= 4 is 12.1 Å². The van der Waals surface area contributed by atoms with E-state index in [1.54, 1.807) is 20.8 Å². The van der Waals surface area contributed by atoms with Gasteiger partial charge in [-0.1, -0.05) is 0 Å². The first-order valence-electron chi connectivity index (χ1n) is 5.09. The number of amides is 1. The summed E-state index contributed by atoms with van der Waals surface area (Å²) < 4.78 is 4.92. The third-order valence-electron chi connectivity index (χ3n) is 1.64. The van der Waals surface area contributed by atoms with E-state index in [0.717, 1.165) is 0 Å². The first-order valence-corrected chi connectivity index (χ1v) is 5.09. The van der Waals surface area contributed by atoms with Gasteiger partial charge in [0.1, 0.15) is 11.6 Å². The van der Waals surface area contributed by atoms with Crippen LogP contribution < -0.4 is 5.32 Å². The number of aliphatic hydroxyl groups is 1. The maximum atomic E-state index is 11.3. The highest BCUT2D eigenvalue weighted by atomic mass is 16.6. The van der Waals surface area contributed by atoms with Crippen molar-refractivity contribution in [1.29, 1.82) is 0 Å². The van der Waals surface area contributed by atoms with Crippen molar-refractivity contribution < 1.29 is 24.5 Å². The number of alkyl carbamates (subject to hydrolysis) is 1. The molecular weight excluding hydrogens is 214 g/mol. The Balaban J connectivity index is 4.19. The number of rotatable bonds is 5. The normalized spacial score (nSPS) is 13.0. The van der Waals surface area contributed by atoms with Gasteiger partial charge in [-0.05, 0) is 33.6 Å². The van der Waals surface area contributed by atoms with Gasteiger partial charge in [0.15, 0.2) is 0 Å². The quantitative estimate of drug-likeness (QED) is 0.650. The van der Waals surface area contributed by atoms with E-state index in [4.69, 9.17) is 14.9 Å². The number of carbonyl (C=O) groups is 2. The van der Waals surface area contributed by atoms with Crippen LogP contribution in [0.2, 0.25) is 0 Å². The van der Waals surface area contributed by atoms with Crippen molar-refractivity contribution in [3.8, 4) is 0 Å². The highest BCUT2D eigenvalue weighted by molar-refractivity contribution is 5.79. The lowest BCUT2D eigenvalue weighted by atomic mass is 10.1. The van der Waals surface area contributed by atoms with Gasteiger partial charge in [-0.15, -0.1) is 0 Å². The van der Waals surface area contributed by atoms with Crippen molar-refractivity contribution in [2.24, 2.45) is 0 Å². The largest absolute Gasteiger partial charge is 0.480 e. The van der Waals surface area contributed by atoms with Crippen molar-refractivity contribution in [1.82, 2.24) is 5.32 Å². The molecule has 0 aromatic heterocycles. The molecule has 3 N–H and O–H groups in total. The van der Waals surface area contributed by atoms with Crippen LogP contribution in [0, 0.1) is 0 Å². The molecule has 0 saturated heterocycles. The standard InChI is InChI=1S/C10H19NO5/c1-10(2,3)16-9(15)11-7(8(13)14)5-4-6-12/h7,12H,4-6H2,1-3H3,(H,11,15)(H,13,14)/t7-/m1/s1. The van der Waals surface area contributed by atoms with Gasteiger partial charge in [-0.25, -0.2) is 9.59 Å². The number of ether oxygens (including phenoxy) is 1. The molecule has 16 heavy (non-hydrogen) atoms. The second-order valence-electron chi connectivity index (χ2n) is 4.40. The van der Waals surface area contributed by atoms with E-state index in [9.17, 15) is 9.59 Å². The zero-order valence-electron chi connectivity index (χ0n) is 9.82. The van der Waals surface area contributed by atoms with Crippen LogP contribution in [0.25, 0.3) is 0 Å². The van der Waals surface area contributed by atoms with Crippen molar-refractivity contribution in [2.75, 3.05) is 6.61 Å². The molecule has 6 heteroatoms. The maximum absolute atomic E-state index is 11.3. The summed E-state index contributed by atoms with van der Waals surface area (Å²) >= 11 is 0. The number of carboxylic acid groups (broad SMARTS) is 1. The van der Waals surface area contributed by atoms with E-state index in [-0.39, 0.29) is 13.0 Å². The molecule has 0 rings (SSSR count). The minimum absolute atomic E-state index is 0.111. The summed E-state index contributed by atoms with van der Waals surface area (Å²) in [4.78, 5) is 22.0. The van der Waals surface area contributed by atoms with Crippen LogP contribution in [0.3, 0.4) is 0 Å². The Labute approximate surface area is 94.6 Å². The molecule has 0 saturated carbocycles. The van der Waals surface area contributed by atoms with Crippen molar-refractivity contribution in [3.63, 3.8) is 0 Å². The van der Waals surface area contributed by atoms with E-state index in [1.807, 2.05) is 0 Å². The number of aliphatic hydroxyl groups excluding tert-OH is 1. The van der Waals surface area contributed by atoms with E-state index < -0.39 is 23.7 Å². The fourth-order valence-corrected chi connectivity index (χ4v) is 1.00. The fourth-order valence-electron chi connectivity index (χ4n) is 1.00. The van der Waals surface area contributed by atoms with E-state index >= 15 is 0 Å². The monoisotopic (exact) mass is 233 g/mol. The van der Waals surface area contributed by atoms with Gasteiger partial charge >= 0.3 is 12.1 Å². The van der Waals surface area contributed by atoms with Crippen LogP contribution in [-0.4, -0.2) is 40.5 Å². The second-order valence-corrected chi connectivity index (χ2v) is 4.40. The van der Waals surface area contributed by atoms with Crippen molar-refractivity contribution in [3.05, 3.63) is 0 Å². The molecule has 0 fully saturated rings. The molecule has 0 aliphatic carbocycles. The number of aliphatic carboxylic acids is 1. The number of hydrogen-bond acceptors (Lipinski definition) is 4. The predicted octanol–water partition coefficient (Wildman–Crippen LogP) is 0.737. The summed E-state index contributed by atoms with van der Waals surface area (Å²) in [5.74, 6) is -1.14. The van der Waals surface area contributed by atoms with Crippen LogP contribution in [0.1, 0.15) is 33.6 Å². The van der Waals surface area contributed by atoms with Gasteiger partial charge < -0.3 is 20.3 Å². The van der Waals surface area contributed by atoms with Gasteiger partial charge in [-0.3, -0.25) is 0 Å². The zero-order valence-corrected chi connectivity index (χ0v) is 9.82. The molecule has 0 radical (unpaired) electrons. The highest BCUT2D eigenvalue weighted by Crippen LogP contribution is 2.07. The summed E-state index contributed by atoms with van der Waals surface area (Å²) in [7, 11) is 0. The molecular formula is C10H19NO5. The molecule has 94 valence electrons. The summed E-state index contributed by atoms with van der Waals surface area (Å²) in [6.45, 7) is 4.96. The third-order valence-corrected chi connectivity index (χ3v) is 1.64. The van der Waals surface area contributed by atoms with Crippen LogP contribution in [0.5, 0.6) is 0 Å². The first-order chi connectivity index (χ1) is 7.26. The summed E-state index contributed by atoms with van der Waals surface area (Å²) in [5.41, 5.74) is -0.663. The Morgan fingerprint density at radius 1 is 1.38 bits per heavy atom. The van der Waals surface area contributed by atoms with Crippen molar-refractivity contribution in [2.45, 2.75) is 45.3 Å². The predicted molar refractivity (Wildman–Crippen MR) is 57.1 cm³/mol. The minimum atomic E-state index is -1.14. The Hall–Kier alpha value is -1.30. The summed E-state index contributed by atoms with van der Waals surface area (Å²) in [6, 6.07) is -1.03. The third kappa shape index (κ3) is 7.05. The average Bonchev–Trinajstić information content (AvgIpc) is 2.08. The van der Waals surface area contributed by atoms with Crippen LogP contribution in [-0.2, 0) is 9.53 Å². The SMILES string of the molecule is CC(C)(C)OC(=O)N[C@H](CCCO)C(=O)O. The van der Waals surface area contributed by atoms with Gasteiger partial charge in [0.05, 0.1) is 0 Å². The Morgan fingerprint density at radius 2 is 1.94 bits per heavy atom. The number of carboxylic acids is 1. The number of hydrogen-bond donors (Lipinski definition) is 3. The second kappa shape index (κ2) is 6.32. The summed E-state index contributed by atoms with van der Waals surface area (Å²) in [5, 5.41) is 19.6. The lowest BCUT2D eigenvalue weighted by molar-refractivity contribution is -0.139. The Kier molecular flexibility index (Phi) is 5.81. The van der Waals surface area contributed by atoms with Crippen LogP contribution in [0.15, 0.2) is 0 Å². The molecule has 6 nitrogen and oxygen atoms in total. The smallest absolute Gasteiger partial charge is 0.408 e. The molecule has 0 aliphatic rings. The molecule has 0 aromatic carbocycles. The fraction of sp³-hybridized carbons (Fsp3) is 0.800. The van der Waals surface area contributed by atoms with Crippen LogP contribution >= 0.6 is 0 Å². The molecule has 0 bridgehead atoms. The van der Waals surface area contributed by atoms with Gasteiger partial charge in [0, 0.05) is 6.61 Å². The minimum Gasteiger partial charge on any atom is -0.480 e. The molecule has 0 heterocycles. The maximum Gasteiger partial charge on any atom is 0.408 e. The lowest BCUT2D eigenvalue weighted by Gasteiger charge is -2.21. The molecule has 0 aromatic rings. The zero-order chi connectivity index (χ0) is 12.8. The van der Waals surface area contributed by atoms with E-state index in [2.05, 4.69) is 5.32 Å². The Bertz CT molecular complexity index is 246. The Morgan fingerprint density at radius 3 is 2.31 bits per heavy atom.